The number of carbonyl (C=O) groups excluding carboxylic acids is 7. The lowest BCUT2D eigenvalue weighted by molar-refractivity contribution is -0.143. The average molecular weight is 1050 g/mol. The third-order valence-electron chi connectivity index (χ3n) is 13.9. The van der Waals surface area contributed by atoms with Crippen LogP contribution in [0.5, 0.6) is 5.75 Å². The number of amides is 6. The van der Waals surface area contributed by atoms with Gasteiger partial charge in [-0.2, -0.15) is 0 Å². The monoisotopic (exact) mass is 1050 g/mol. The Morgan fingerprint density at radius 2 is 1.71 bits per heavy atom. The summed E-state index contributed by atoms with van der Waals surface area (Å²) in [5.74, 6) is -2.32. The lowest BCUT2D eigenvalue weighted by Crippen LogP contribution is -2.57. The minimum absolute atomic E-state index is 0.0355. The van der Waals surface area contributed by atoms with Crippen molar-refractivity contribution < 1.29 is 52.7 Å². The summed E-state index contributed by atoms with van der Waals surface area (Å²) in [4.78, 5) is 124. The number of benzene rings is 3. The van der Waals surface area contributed by atoms with Gasteiger partial charge in [0.15, 0.2) is 0 Å². The second kappa shape index (κ2) is 22.3. The summed E-state index contributed by atoms with van der Waals surface area (Å²) in [5, 5.41) is 9.07. The molecule has 7 N–H and O–H groups in total. The van der Waals surface area contributed by atoms with E-state index in [4.69, 9.17) is 22.1 Å². The molecule has 2 aromatic heterocycles. The van der Waals surface area contributed by atoms with Crippen LogP contribution in [0.4, 0.5) is 0 Å². The standard InChI is InChI=1S/C50H57ClN7O12PS/c1-56-38-24-28(14-18-35(38)58(50(56)66)37-20-23-43(60)55-46(37)62)8-3-2-4-9-29-10-7-13-39(44(29)51)70-27-32(16-22-42(52)59)53-45(61)36-19-17-33-11-5-6-12-34(48(64)57(33)36)54-47(63)41-26-31-25-30(15-21-40(31)72-41)49(65)71(67,68)69/h7,10,13-15,18,21,24-26,32-34,36-37H,2-6,8-9,11-12,16-17,19-20,22-23,27H2,1H3,(H2,52,59)(H,53,61)(H,54,63)(H,55,60,62)(H2,67,68,69)/t32-,33-,34-,36-,37?/m0/s1. The van der Waals surface area contributed by atoms with E-state index in [0.29, 0.717) is 70.4 Å². The van der Waals surface area contributed by atoms with E-state index in [1.54, 1.807) is 18.0 Å². The third kappa shape index (κ3) is 11.7. The molecule has 3 aliphatic heterocycles. The Hall–Kier alpha value is -6.18. The fourth-order valence-corrected chi connectivity index (χ4v) is 11.8. The van der Waals surface area contributed by atoms with Crippen molar-refractivity contribution in [3.8, 4) is 5.75 Å². The number of imide groups is 1. The van der Waals surface area contributed by atoms with Gasteiger partial charge in [0.05, 0.1) is 27.0 Å². The Bertz CT molecular complexity index is 3070. The summed E-state index contributed by atoms with van der Waals surface area (Å²) < 4.78 is 21.4. The van der Waals surface area contributed by atoms with Crippen LogP contribution in [-0.4, -0.2) is 95.6 Å². The van der Waals surface area contributed by atoms with E-state index in [0.717, 1.165) is 54.6 Å². The van der Waals surface area contributed by atoms with E-state index in [2.05, 4.69) is 16.0 Å². The van der Waals surface area contributed by atoms with E-state index in [1.165, 1.54) is 33.4 Å². The molecule has 6 amide bonds. The van der Waals surface area contributed by atoms with E-state index in [1.807, 2.05) is 30.3 Å². The molecule has 0 aliphatic carbocycles. The molecule has 5 heterocycles. The van der Waals surface area contributed by atoms with Crippen molar-refractivity contribution in [2.75, 3.05) is 6.61 Å². The topological polar surface area (TPSA) is 279 Å². The number of thiophene rings is 1. The second-order valence-corrected chi connectivity index (χ2v) is 21.8. The molecule has 19 nitrogen and oxygen atoms in total. The van der Waals surface area contributed by atoms with Crippen LogP contribution in [0.3, 0.4) is 0 Å². The van der Waals surface area contributed by atoms with Crippen molar-refractivity contribution in [1.29, 1.82) is 0 Å². The number of halogens is 1. The van der Waals surface area contributed by atoms with Gasteiger partial charge in [-0.15, -0.1) is 11.3 Å². The predicted octanol–water partition coefficient (Wildman–Crippen LogP) is 5.32. The van der Waals surface area contributed by atoms with Gasteiger partial charge in [0.2, 0.25) is 29.5 Å². The van der Waals surface area contributed by atoms with Crippen LogP contribution in [0.15, 0.2) is 65.5 Å². The Balaban J connectivity index is 0.859. The van der Waals surface area contributed by atoms with Crippen LogP contribution in [-0.2, 0) is 48.4 Å². The first-order chi connectivity index (χ1) is 34.4. The van der Waals surface area contributed by atoms with Gasteiger partial charge in [-0.1, -0.05) is 49.1 Å². The van der Waals surface area contributed by atoms with Crippen molar-refractivity contribution in [3.05, 3.63) is 97.7 Å². The van der Waals surface area contributed by atoms with E-state index < -0.39 is 60.9 Å². The average Bonchev–Trinajstić information content (AvgIpc) is 4.03. The number of primary amides is 1. The summed E-state index contributed by atoms with van der Waals surface area (Å²) in [6, 6.07) is 13.5. The van der Waals surface area contributed by atoms with Gasteiger partial charge in [-0.25, -0.2) is 4.79 Å². The van der Waals surface area contributed by atoms with Crippen LogP contribution in [0.1, 0.15) is 121 Å². The summed E-state index contributed by atoms with van der Waals surface area (Å²) in [6.45, 7) is -0.0397. The molecular formula is C50H57ClN7O12PS. The number of hydrogen-bond acceptors (Lipinski definition) is 11. The number of aromatic nitrogens is 2. The number of carbonyl (C=O) groups is 7. The highest BCUT2D eigenvalue weighted by atomic mass is 35.5. The zero-order valence-corrected chi connectivity index (χ0v) is 42.1. The van der Waals surface area contributed by atoms with E-state index >= 15 is 0 Å². The number of piperidine rings is 1. The maximum absolute atomic E-state index is 14.3. The fraction of sp³-hybridized carbons (Fsp3) is 0.440. The first kappa shape index (κ1) is 52.2. The van der Waals surface area contributed by atoms with Crippen molar-refractivity contribution in [2.24, 2.45) is 12.8 Å². The Morgan fingerprint density at radius 1 is 0.931 bits per heavy atom. The number of ether oxygens (including phenoxy) is 1. The molecule has 3 aliphatic rings. The van der Waals surface area contributed by atoms with Gasteiger partial charge in [0.25, 0.3) is 11.4 Å². The van der Waals surface area contributed by atoms with Gasteiger partial charge >= 0.3 is 13.3 Å². The number of nitrogens with two attached hydrogens (primary N) is 1. The number of nitrogens with one attached hydrogen (secondary N) is 3. The smallest absolute Gasteiger partial charge is 0.396 e. The van der Waals surface area contributed by atoms with Gasteiger partial charge in [-0.05, 0) is 123 Å². The summed E-state index contributed by atoms with van der Waals surface area (Å²) >= 11 is 7.99. The molecule has 5 aromatic rings. The largest absolute Gasteiger partial charge is 0.490 e. The summed E-state index contributed by atoms with van der Waals surface area (Å²) in [5.41, 5.74) is 6.98. The first-order valence-electron chi connectivity index (χ1n) is 24.2. The van der Waals surface area contributed by atoms with Crippen LogP contribution >= 0.6 is 30.5 Å². The maximum Gasteiger partial charge on any atom is 0.396 e. The molecule has 72 heavy (non-hydrogen) atoms. The third-order valence-corrected chi connectivity index (χ3v) is 16.2. The van der Waals surface area contributed by atoms with Crippen LogP contribution in [0, 0.1) is 0 Å². The lowest BCUT2D eigenvalue weighted by Gasteiger charge is -2.35. The number of unbranched alkanes of at least 4 members (excludes halogenated alkanes) is 2. The quantitative estimate of drug-likeness (QED) is 0.0348. The normalized spacial score (nSPS) is 19.9. The molecule has 0 spiro atoms. The number of hydrogen-bond donors (Lipinski definition) is 6. The van der Waals surface area contributed by atoms with E-state index in [9.17, 15) is 52.7 Å². The molecular weight excluding hydrogens is 989 g/mol. The minimum atomic E-state index is -5.02. The Labute approximate surface area is 422 Å². The molecule has 3 aromatic carbocycles. The van der Waals surface area contributed by atoms with Crippen LogP contribution in [0.2, 0.25) is 5.02 Å². The highest BCUT2D eigenvalue weighted by Gasteiger charge is 2.44. The number of rotatable bonds is 19. The molecule has 1 unspecified atom stereocenters. The maximum atomic E-state index is 14.3. The van der Waals surface area contributed by atoms with Crippen molar-refractivity contribution >= 4 is 92.6 Å². The zero-order valence-electron chi connectivity index (χ0n) is 39.6. The van der Waals surface area contributed by atoms with Crippen LogP contribution < -0.4 is 32.1 Å². The van der Waals surface area contributed by atoms with Crippen LogP contribution in [0.25, 0.3) is 21.1 Å². The van der Waals surface area contributed by atoms with Gasteiger partial charge in [-0.3, -0.25) is 52.6 Å². The highest BCUT2D eigenvalue weighted by Crippen LogP contribution is 2.40. The van der Waals surface area contributed by atoms with Gasteiger partial charge in [0.1, 0.15) is 30.5 Å². The van der Waals surface area contributed by atoms with Gasteiger partial charge in [0, 0.05) is 36.2 Å². The summed E-state index contributed by atoms with van der Waals surface area (Å²) in [7, 11) is -3.34. The molecule has 382 valence electrons. The summed E-state index contributed by atoms with van der Waals surface area (Å²) in [6.07, 6.45) is 8.04. The molecule has 0 saturated carbocycles. The Kier molecular flexibility index (Phi) is 16.1. The Morgan fingerprint density at radius 3 is 2.47 bits per heavy atom. The second-order valence-electron chi connectivity index (χ2n) is 18.8. The lowest BCUT2D eigenvalue weighted by atomic mass is 9.99. The molecule has 0 bridgehead atoms. The number of imidazole rings is 1. The van der Waals surface area contributed by atoms with Gasteiger partial charge < -0.3 is 35.8 Å². The molecule has 22 heteroatoms. The number of fused-ring (bicyclic) bond motifs is 3. The first-order valence-corrected chi connectivity index (χ1v) is 27.0. The number of nitrogens with zero attached hydrogens (tertiary/aromatic N) is 3. The molecule has 8 rings (SSSR count). The SMILES string of the molecule is Cn1c(=O)n(C2CCC(=O)NC2=O)c2ccc(CCCCCc3cccc(OC[C@H](CCC(N)=O)NC(=O)[C@@H]4CC[C@@H]5CCCC[C@H](NC(=O)c6cc7cc(C(=O)P(=O)(O)O)ccc7s6)C(=O)N54)c3Cl)cc21. The number of aryl methyl sites for hydroxylation is 3. The minimum Gasteiger partial charge on any atom is -0.490 e. The van der Waals surface area contributed by atoms with E-state index in [-0.39, 0.29) is 66.3 Å². The molecule has 3 fully saturated rings. The molecule has 5 atom stereocenters. The van der Waals surface area contributed by atoms with Crippen molar-refractivity contribution in [2.45, 2.75) is 127 Å². The van der Waals surface area contributed by atoms with Crippen molar-refractivity contribution in [1.82, 2.24) is 30.0 Å². The highest BCUT2D eigenvalue weighted by molar-refractivity contribution is 7.70. The van der Waals surface area contributed by atoms with Crippen molar-refractivity contribution in [3.63, 3.8) is 0 Å². The zero-order chi connectivity index (χ0) is 51.4. The molecule has 3 saturated heterocycles. The fourth-order valence-electron chi connectivity index (χ4n) is 10.1. The predicted molar refractivity (Wildman–Crippen MR) is 269 cm³/mol. The molecule has 0 radical (unpaired) electrons.